The Morgan fingerprint density at radius 3 is 2.74 bits per heavy atom. The molecule has 3 heteroatoms. The molecule has 1 aliphatic rings. The van der Waals surface area contributed by atoms with Gasteiger partial charge in [0.25, 0.3) is 5.91 Å². The van der Waals surface area contributed by atoms with E-state index in [9.17, 15) is 4.79 Å². The second-order valence-electron chi connectivity index (χ2n) is 5.79. The van der Waals surface area contributed by atoms with Gasteiger partial charge in [-0.15, -0.1) is 0 Å². The van der Waals surface area contributed by atoms with Gasteiger partial charge in [0.15, 0.2) is 0 Å². The standard InChI is InChI=1S/C16H24N2O/c1-11-8-9-13(14(17)10-11)16(19)18-15-7-5-3-4-6-12(15)2/h8-10,12,15H,3-7,17H2,1-2H3,(H,18,19). The first-order valence-corrected chi connectivity index (χ1v) is 7.25. The molecule has 0 heterocycles. The van der Waals surface area contributed by atoms with Gasteiger partial charge < -0.3 is 11.1 Å². The molecule has 19 heavy (non-hydrogen) atoms. The molecule has 3 nitrogen and oxygen atoms in total. The summed E-state index contributed by atoms with van der Waals surface area (Å²) >= 11 is 0. The van der Waals surface area contributed by atoms with Crippen LogP contribution in [-0.2, 0) is 0 Å². The van der Waals surface area contributed by atoms with Gasteiger partial charge >= 0.3 is 0 Å². The van der Waals surface area contributed by atoms with Crippen molar-refractivity contribution >= 4 is 11.6 Å². The number of rotatable bonds is 2. The first kappa shape index (κ1) is 13.9. The van der Waals surface area contributed by atoms with Gasteiger partial charge in [-0.1, -0.05) is 32.3 Å². The third kappa shape index (κ3) is 3.49. The molecule has 1 aromatic rings. The van der Waals surface area contributed by atoms with Gasteiger partial charge in [0.2, 0.25) is 0 Å². The fraction of sp³-hybridized carbons (Fsp3) is 0.562. The second-order valence-corrected chi connectivity index (χ2v) is 5.79. The number of carbonyl (C=O) groups is 1. The average Bonchev–Trinajstić information content (AvgIpc) is 2.55. The Bertz CT molecular complexity index is 456. The lowest BCUT2D eigenvalue weighted by atomic mass is 9.96. The van der Waals surface area contributed by atoms with Gasteiger partial charge in [-0.05, 0) is 43.4 Å². The van der Waals surface area contributed by atoms with Crippen LogP contribution < -0.4 is 11.1 Å². The number of aryl methyl sites for hydroxylation is 1. The number of carbonyl (C=O) groups excluding carboxylic acids is 1. The molecule has 0 aromatic heterocycles. The highest BCUT2D eigenvalue weighted by atomic mass is 16.1. The van der Waals surface area contributed by atoms with Crippen LogP contribution in [0.25, 0.3) is 0 Å². The number of nitrogens with one attached hydrogen (secondary N) is 1. The predicted octanol–water partition coefficient (Wildman–Crippen LogP) is 3.28. The van der Waals surface area contributed by atoms with E-state index in [1.165, 1.54) is 25.7 Å². The van der Waals surface area contributed by atoms with Gasteiger partial charge in [-0.3, -0.25) is 4.79 Å². The zero-order valence-electron chi connectivity index (χ0n) is 11.9. The number of anilines is 1. The zero-order valence-corrected chi connectivity index (χ0v) is 11.9. The van der Waals surface area contributed by atoms with Crippen LogP contribution in [0.15, 0.2) is 18.2 Å². The van der Waals surface area contributed by atoms with Crippen LogP contribution in [0.4, 0.5) is 5.69 Å². The lowest BCUT2D eigenvalue weighted by Crippen LogP contribution is -2.39. The van der Waals surface area contributed by atoms with Crippen LogP contribution in [0.5, 0.6) is 0 Å². The van der Waals surface area contributed by atoms with Crippen molar-refractivity contribution in [1.29, 1.82) is 0 Å². The van der Waals surface area contributed by atoms with Crippen molar-refractivity contribution in [3.05, 3.63) is 29.3 Å². The van der Waals surface area contributed by atoms with E-state index in [2.05, 4.69) is 12.2 Å². The molecule has 1 fully saturated rings. The van der Waals surface area contributed by atoms with Crippen molar-refractivity contribution in [2.45, 2.75) is 52.0 Å². The molecular formula is C16H24N2O. The molecule has 0 bridgehead atoms. The predicted molar refractivity (Wildman–Crippen MR) is 79.1 cm³/mol. The Morgan fingerprint density at radius 2 is 2.00 bits per heavy atom. The number of amides is 1. The topological polar surface area (TPSA) is 55.1 Å². The Hall–Kier alpha value is -1.51. The fourth-order valence-electron chi connectivity index (χ4n) is 2.84. The van der Waals surface area contributed by atoms with Gasteiger partial charge in [0.1, 0.15) is 0 Å². The molecule has 1 aliphatic carbocycles. The van der Waals surface area contributed by atoms with E-state index >= 15 is 0 Å². The molecule has 2 atom stereocenters. The summed E-state index contributed by atoms with van der Waals surface area (Å²) in [6, 6.07) is 5.89. The largest absolute Gasteiger partial charge is 0.398 e. The summed E-state index contributed by atoms with van der Waals surface area (Å²) in [4.78, 5) is 12.3. The number of nitrogen functional groups attached to an aromatic ring is 1. The van der Waals surface area contributed by atoms with E-state index in [1.54, 1.807) is 0 Å². The monoisotopic (exact) mass is 260 g/mol. The third-order valence-electron chi connectivity index (χ3n) is 4.13. The Morgan fingerprint density at radius 1 is 1.26 bits per heavy atom. The molecule has 104 valence electrons. The third-order valence-corrected chi connectivity index (χ3v) is 4.13. The summed E-state index contributed by atoms with van der Waals surface area (Å²) in [7, 11) is 0. The van der Waals surface area contributed by atoms with Crippen molar-refractivity contribution in [3.63, 3.8) is 0 Å². The normalized spacial score (nSPS) is 23.7. The van der Waals surface area contributed by atoms with E-state index in [-0.39, 0.29) is 11.9 Å². The minimum absolute atomic E-state index is 0.0312. The summed E-state index contributed by atoms with van der Waals surface area (Å²) < 4.78 is 0. The van der Waals surface area contributed by atoms with Crippen molar-refractivity contribution in [2.75, 3.05) is 5.73 Å². The molecule has 0 radical (unpaired) electrons. The van der Waals surface area contributed by atoms with Crippen LogP contribution in [0, 0.1) is 12.8 Å². The summed E-state index contributed by atoms with van der Waals surface area (Å²) in [5, 5.41) is 3.17. The Balaban J connectivity index is 2.07. The molecule has 0 saturated heterocycles. The van der Waals surface area contributed by atoms with Crippen LogP contribution in [0.2, 0.25) is 0 Å². The number of hydrogen-bond acceptors (Lipinski definition) is 2. The number of benzene rings is 1. The van der Waals surface area contributed by atoms with Crippen molar-refractivity contribution in [2.24, 2.45) is 5.92 Å². The van der Waals surface area contributed by atoms with Crippen molar-refractivity contribution < 1.29 is 4.79 Å². The molecule has 0 spiro atoms. The zero-order chi connectivity index (χ0) is 13.8. The highest BCUT2D eigenvalue weighted by Crippen LogP contribution is 2.23. The van der Waals surface area contributed by atoms with Gasteiger partial charge in [-0.25, -0.2) is 0 Å². The summed E-state index contributed by atoms with van der Waals surface area (Å²) in [6.07, 6.45) is 6.05. The van der Waals surface area contributed by atoms with E-state index in [0.29, 0.717) is 17.2 Å². The summed E-state index contributed by atoms with van der Waals surface area (Å²) in [5.41, 5.74) is 8.18. The number of nitrogens with two attached hydrogens (primary N) is 1. The second kappa shape index (κ2) is 6.09. The summed E-state index contributed by atoms with van der Waals surface area (Å²) in [5.74, 6) is 0.523. The maximum atomic E-state index is 12.3. The van der Waals surface area contributed by atoms with Crippen LogP contribution in [-0.4, -0.2) is 11.9 Å². The molecule has 1 saturated carbocycles. The van der Waals surface area contributed by atoms with Gasteiger partial charge in [-0.2, -0.15) is 0 Å². The van der Waals surface area contributed by atoms with Crippen molar-refractivity contribution in [1.82, 2.24) is 5.32 Å². The average molecular weight is 260 g/mol. The maximum absolute atomic E-state index is 12.3. The molecule has 2 rings (SSSR count). The molecule has 1 aromatic carbocycles. The molecule has 1 amide bonds. The maximum Gasteiger partial charge on any atom is 0.253 e. The first-order chi connectivity index (χ1) is 9.08. The van der Waals surface area contributed by atoms with Crippen LogP contribution in [0.1, 0.15) is 54.9 Å². The molecule has 0 aliphatic heterocycles. The van der Waals surface area contributed by atoms with Crippen LogP contribution in [0.3, 0.4) is 0 Å². The van der Waals surface area contributed by atoms with E-state index < -0.39 is 0 Å². The summed E-state index contributed by atoms with van der Waals surface area (Å²) in [6.45, 7) is 4.21. The smallest absolute Gasteiger partial charge is 0.253 e. The van der Waals surface area contributed by atoms with Gasteiger partial charge in [0.05, 0.1) is 5.56 Å². The van der Waals surface area contributed by atoms with Crippen LogP contribution >= 0.6 is 0 Å². The van der Waals surface area contributed by atoms with Gasteiger partial charge in [0, 0.05) is 11.7 Å². The van der Waals surface area contributed by atoms with E-state index in [0.717, 1.165) is 12.0 Å². The highest BCUT2D eigenvalue weighted by molar-refractivity contribution is 5.99. The molecule has 3 N–H and O–H groups in total. The highest BCUT2D eigenvalue weighted by Gasteiger charge is 2.22. The lowest BCUT2D eigenvalue weighted by molar-refractivity contribution is 0.0922. The Kier molecular flexibility index (Phi) is 4.46. The Labute approximate surface area is 115 Å². The lowest BCUT2D eigenvalue weighted by Gasteiger charge is -2.23. The SMILES string of the molecule is Cc1ccc(C(=O)NC2CCCCCC2C)c(N)c1. The molecular weight excluding hydrogens is 236 g/mol. The van der Waals surface area contributed by atoms with Crippen molar-refractivity contribution in [3.8, 4) is 0 Å². The van der Waals surface area contributed by atoms with E-state index in [1.807, 2.05) is 25.1 Å². The number of hydrogen-bond donors (Lipinski definition) is 2. The first-order valence-electron chi connectivity index (χ1n) is 7.25. The van der Waals surface area contributed by atoms with E-state index in [4.69, 9.17) is 5.73 Å². The fourth-order valence-corrected chi connectivity index (χ4v) is 2.84. The minimum atomic E-state index is -0.0312. The minimum Gasteiger partial charge on any atom is -0.398 e. The molecule has 2 unspecified atom stereocenters. The quantitative estimate of drug-likeness (QED) is 0.633.